The van der Waals surface area contributed by atoms with Gasteiger partial charge >= 0.3 is 0 Å². The van der Waals surface area contributed by atoms with Crippen LogP contribution < -0.4 is 0 Å². The van der Waals surface area contributed by atoms with Crippen LogP contribution in [0.25, 0.3) is 142 Å². The van der Waals surface area contributed by atoms with Crippen molar-refractivity contribution in [2.24, 2.45) is 0 Å². The molecule has 0 unspecified atom stereocenters. The van der Waals surface area contributed by atoms with E-state index in [-0.39, 0.29) is 10.8 Å². The minimum Gasteiger partial charge on any atom is -0.0610 e. The standard InChI is InChI=1S/C70H46/c1-69(2)61-35-41(23-27-47(61)49-29-25-43(37-63(49)69)45-31-33-59-55-17-7-13-39-11-5-15-53(65(39)55)57-21-9-19-51(45)67(57)59)42-24-28-48-50-30-26-44(38-64(50)70(3,4)62(48)36-42)46-32-34-60-56-18-8-14-40-12-6-16-54(66(40)56)58-22-10-20-52(46)68(58)60/h5-38H,1-4H3. The third-order valence-electron chi connectivity index (χ3n) is 17.4. The molecule has 0 saturated carbocycles. The van der Waals surface area contributed by atoms with Gasteiger partial charge in [0, 0.05) is 10.8 Å². The van der Waals surface area contributed by atoms with E-state index in [1.807, 2.05) is 0 Å². The van der Waals surface area contributed by atoms with Gasteiger partial charge in [-0.2, -0.15) is 0 Å². The number of hydrogen-bond acceptors (Lipinski definition) is 0. The summed E-state index contributed by atoms with van der Waals surface area (Å²) in [6.07, 6.45) is 0. The zero-order chi connectivity index (χ0) is 46.4. The van der Waals surface area contributed by atoms with Gasteiger partial charge in [0.1, 0.15) is 0 Å². The molecule has 0 aromatic heterocycles. The molecule has 0 radical (unpaired) electrons. The zero-order valence-electron chi connectivity index (χ0n) is 39.6. The van der Waals surface area contributed by atoms with E-state index in [4.69, 9.17) is 0 Å². The molecule has 326 valence electrons. The van der Waals surface area contributed by atoms with E-state index in [1.165, 1.54) is 164 Å². The van der Waals surface area contributed by atoms with Crippen LogP contribution in [-0.4, -0.2) is 0 Å². The van der Waals surface area contributed by atoms with Gasteiger partial charge in [-0.25, -0.2) is 0 Å². The van der Waals surface area contributed by atoms with Gasteiger partial charge in [-0.05, 0) is 188 Å². The molecular weight excluding hydrogens is 841 g/mol. The highest BCUT2D eigenvalue weighted by Crippen LogP contribution is 2.54. The Bertz CT molecular complexity index is 4230. The second kappa shape index (κ2) is 13.3. The average molecular weight is 887 g/mol. The van der Waals surface area contributed by atoms with Gasteiger partial charge in [0.25, 0.3) is 0 Å². The summed E-state index contributed by atoms with van der Waals surface area (Å²) in [6, 6.07) is 79.2. The number of rotatable bonds is 3. The van der Waals surface area contributed by atoms with Crippen molar-refractivity contribution in [1.29, 1.82) is 0 Å². The maximum absolute atomic E-state index is 2.49. The van der Waals surface area contributed by atoms with Crippen molar-refractivity contribution in [3.05, 3.63) is 229 Å². The molecule has 0 amide bonds. The fourth-order valence-electron chi connectivity index (χ4n) is 14.0. The maximum Gasteiger partial charge on any atom is 0.0159 e. The summed E-state index contributed by atoms with van der Waals surface area (Å²) >= 11 is 0. The fourth-order valence-corrected chi connectivity index (χ4v) is 14.0. The molecule has 2 aliphatic carbocycles. The molecule has 0 N–H and O–H groups in total. The fraction of sp³-hybridized carbons (Fsp3) is 0.0857. The summed E-state index contributed by atoms with van der Waals surface area (Å²) in [6.45, 7) is 9.68. The van der Waals surface area contributed by atoms with Crippen LogP contribution in [0, 0.1) is 0 Å². The molecule has 70 heavy (non-hydrogen) atoms. The SMILES string of the molecule is CC1(C)c2cc(-c3ccc4c(c3)C(C)(C)c3cc(-c5ccc6c7cccc8cccc(c9cccc5c96)c87)ccc3-4)ccc2-c2ccc(-c3ccc4c5cccc6cccc(c7cccc3c74)c65)cc21. The Morgan fingerprint density at radius 3 is 0.829 bits per heavy atom. The molecule has 0 nitrogen and oxygen atoms in total. The Balaban J connectivity index is 0.760. The molecule has 14 aromatic rings. The molecule has 0 spiro atoms. The molecular formula is C70H46. The van der Waals surface area contributed by atoms with E-state index in [0.29, 0.717) is 0 Å². The van der Waals surface area contributed by atoms with Gasteiger partial charge in [0.15, 0.2) is 0 Å². The second-order valence-electron chi connectivity index (χ2n) is 21.5. The van der Waals surface area contributed by atoms with Crippen molar-refractivity contribution < 1.29 is 0 Å². The first-order chi connectivity index (χ1) is 34.2. The van der Waals surface area contributed by atoms with E-state index >= 15 is 0 Å². The van der Waals surface area contributed by atoms with Crippen LogP contribution in [0.2, 0.25) is 0 Å². The lowest BCUT2D eigenvalue weighted by molar-refractivity contribution is 0.660. The Labute approximate surface area is 406 Å². The molecule has 0 aliphatic heterocycles. The van der Waals surface area contributed by atoms with Crippen molar-refractivity contribution in [3.63, 3.8) is 0 Å². The molecule has 0 fully saturated rings. The molecule has 0 heterocycles. The van der Waals surface area contributed by atoms with Crippen LogP contribution in [0.15, 0.2) is 206 Å². The van der Waals surface area contributed by atoms with Crippen LogP contribution >= 0.6 is 0 Å². The van der Waals surface area contributed by atoms with Gasteiger partial charge in [-0.15, -0.1) is 0 Å². The van der Waals surface area contributed by atoms with Crippen LogP contribution in [0.3, 0.4) is 0 Å². The van der Waals surface area contributed by atoms with Gasteiger partial charge in [-0.1, -0.05) is 210 Å². The van der Waals surface area contributed by atoms with Crippen molar-refractivity contribution >= 4 is 86.2 Å². The van der Waals surface area contributed by atoms with E-state index < -0.39 is 0 Å². The van der Waals surface area contributed by atoms with E-state index in [0.717, 1.165) is 0 Å². The van der Waals surface area contributed by atoms with Crippen LogP contribution in [0.5, 0.6) is 0 Å². The number of hydrogen-bond donors (Lipinski definition) is 0. The number of benzene rings is 14. The monoisotopic (exact) mass is 886 g/mol. The Kier molecular flexibility index (Phi) is 7.32. The molecule has 0 saturated heterocycles. The third kappa shape index (κ3) is 4.86. The van der Waals surface area contributed by atoms with E-state index in [9.17, 15) is 0 Å². The lowest BCUT2D eigenvalue weighted by Gasteiger charge is -2.24. The third-order valence-corrected chi connectivity index (χ3v) is 17.4. The maximum atomic E-state index is 2.49. The molecule has 0 atom stereocenters. The van der Waals surface area contributed by atoms with E-state index in [2.05, 4.69) is 234 Å². The van der Waals surface area contributed by atoms with Crippen molar-refractivity contribution in [1.82, 2.24) is 0 Å². The van der Waals surface area contributed by atoms with Crippen molar-refractivity contribution in [3.8, 4) is 55.6 Å². The lowest BCUT2D eigenvalue weighted by Crippen LogP contribution is -2.15. The summed E-state index contributed by atoms with van der Waals surface area (Å²) in [4.78, 5) is 0. The van der Waals surface area contributed by atoms with Gasteiger partial charge < -0.3 is 0 Å². The minimum atomic E-state index is -0.168. The molecule has 16 rings (SSSR count). The van der Waals surface area contributed by atoms with Crippen LogP contribution in [0.4, 0.5) is 0 Å². The van der Waals surface area contributed by atoms with Crippen LogP contribution in [-0.2, 0) is 10.8 Å². The van der Waals surface area contributed by atoms with Gasteiger partial charge in [0.2, 0.25) is 0 Å². The summed E-state index contributed by atoms with van der Waals surface area (Å²) in [5.74, 6) is 0. The average Bonchev–Trinajstić information content (AvgIpc) is 3.77. The van der Waals surface area contributed by atoms with Crippen molar-refractivity contribution in [2.45, 2.75) is 38.5 Å². The van der Waals surface area contributed by atoms with Gasteiger partial charge in [-0.3, -0.25) is 0 Å². The summed E-state index contributed by atoms with van der Waals surface area (Å²) in [5, 5.41) is 21.3. The first-order valence-corrected chi connectivity index (χ1v) is 25.0. The van der Waals surface area contributed by atoms with E-state index in [1.54, 1.807) is 0 Å². The second-order valence-corrected chi connectivity index (χ2v) is 21.5. The van der Waals surface area contributed by atoms with Crippen molar-refractivity contribution in [2.75, 3.05) is 0 Å². The largest absolute Gasteiger partial charge is 0.0610 e. The highest BCUT2D eigenvalue weighted by atomic mass is 14.4. The minimum absolute atomic E-state index is 0.168. The molecule has 0 heteroatoms. The number of fused-ring (bicyclic) bond motifs is 10. The lowest BCUT2D eigenvalue weighted by atomic mass is 9.79. The topological polar surface area (TPSA) is 0 Å². The molecule has 14 aromatic carbocycles. The quantitative estimate of drug-likeness (QED) is 0.122. The summed E-state index contributed by atoms with van der Waals surface area (Å²) in [7, 11) is 0. The first kappa shape index (κ1) is 38.6. The zero-order valence-corrected chi connectivity index (χ0v) is 39.6. The summed E-state index contributed by atoms with van der Waals surface area (Å²) in [5.41, 5.74) is 18.3. The Morgan fingerprint density at radius 1 is 0.214 bits per heavy atom. The smallest absolute Gasteiger partial charge is 0.0159 e. The first-order valence-electron chi connectivity index (χ1n) is 25.0. The predicted molar refractivity (Wildman–Crippen MR) is 300 cm³/mol. The summed E-state index contributed by atoms with van der Waals surface area (Å²) < 4.78 is 0. The highest BCUT2D eigenvalue weighted by molar-refractivity contribution is 6.35. The molecule has 0 bridgehead atoms. The normalized spacial score (nSPS) is 14.5. The Hall–Kier alpha value is -8.32. The van der Waals surface area contributed by atoms with Gasteiger partial charge in [0.05, 0.1) is 0 Å². The predicted octanol–water partition coefficient (Wildman–Crippen LogP) is 19.4. The van der Waals surface area contributed by atoms with Crippen LogP contribution in [0.1, 0.15) is 49.9 Å². The highest BCUT2D eigenvalue weighted by Gasteiger charge is 2.38. The Morgan fingerprint density at radius 2 is 0.471 bits per heavy atom. The molecule has 2 aliphatic rings.